The van der Waals surface area contributed by atoms with Gasteiger partial charge in [0.1, 0.15) is 5.57 Å². The maximum atomic E-state index is 13.0. The van der Waals surface area contributed by atoms with Crippen molar-refractivity contribution >= 4 is 41.2 Å². The minimum atomic E-state index is -0.829. The first-order valence-corrected chi connectivity index (χ1v) is 8.63. The third kappa shape index (κ3) is 3.44. The molecule has 7 nitrogen and oxygen atoms in total. The van der Waals surface area contributed by atoms with Crippen molar-refractivity contribution in [3.05, 3.63) is 58.1 Å². The van der Waals surface area contributed by atoms with E-state index in [-0.39, 0.29) is 5.57 Å². The number of anilines is 1. The predicted octanol–water partition coefficient (Wildman–Crippen LogP) is 3.33. The van der Waals surface area contributed by atoms with Crippen LogP contribution in [0.1, 0.15) is 11.1 Å². The lowest BCUT2D eigenvalue weighted by Gasteiger charge is -2.27. The summed E-state index contributed by atoms with van der Waals surface area (Å²) in [6.07, 6.45) is 1.39. The van der Waals surface area contributed by atoms with Crippen LogP contribution in [0.25, 0.3) is 6.08 Å². The quantitative estimate of drug-likeness (QED) is 0.628. The number of halogens is 1. The lowest BCUT2D eigenvalue weighted by molar-refractivity contribution is -0.122. The van der Waals surface area contributed by atoms with E-state index in [0.29, 0.717) is 33.3 Å². The Kier molecular flexibility index (Phi) is 5.37. The molecule has 28 heavy (non-hydrogen) atoms. The third-order valence-corrected chi connectivity index (χ3v) is 4.71. The highest BCUT2D eigenvalue weighted by molar-refractivity contribution is 6.39. The molecule has 1 N–H and O–H groups in total. The molecule has 8 heteroatoms. The van der Waals surface area contributed by atoms with Crippen LogP contribution in [0.4, 0.5) is 10.5 Å². The van der Waals surface area contributed by atoms with Crippen LogP contribution in [-0.2, 0) is 9.59 Å². The molecule has 3 rings (SSSR count). The summed E-state index contributed by atoms with van der Waals surface area (Å²) >= 11 is 6.11. The minimum absolute atomic E-state index is 0.189. The molecular weight excluding hydrogens is 384 g/mol. The van der Waals surface area contributed by atoms with Crippen LogP contribution in [0, 0.1) is 6.92 Å². The molecule has 144 valence electrons. The fraction of sp³-hybridized carbons (Fsp3) is 0.150. The van der Waals surface area contributed by atoms with Crippen molar-refractivity contribution in [2.45, 2.75) is 6.92 Å². The van der Waals surface area contributed by atoms with E-state index >= 15 is 0 Å². The maximum absolute atomic E-state index is 13.0. The van der Waals surface area contributed by atoms with Gasteiger partial charge >= 0.3 is 6.03 Å². The van der Waals surface area contributed by atoms with Crippen molar-refractivity contribution in [1.82, 2.24) is 5.32 Å². The molecule has 0 unspecified atom stereocenters. The number of barbiturate groups is 1. The fourth-order valence-corrected chi connectivity index (χ4v) is 2.99. The predicted molar refractivity (Wildman–Crippen MR) is 105 cm³/mol. The van der Waals surface area contributed by atoms with Gasteiger partial charge in [0.15, 0.2) is 11.5 Å². The number of carbonyl (C=O) groups is 3. The average Bonchev–Trinajstić information content (AvgIpc) is 2.68. The summed E-state index contributed by atoms with van der Waals surface area (Å²) in [6.45, 7) is 1.69. The molecule has 2 aromatic carbocycles. The number of rotatable bonds is 4. The molecule has 0 spiro atoms. The second kappa shape index (κ2) is 7.74. The zero-order chi connectivity index (χ0) is 20.4. The number of benzene rings is 2. The zero-order valence-electron chi connectivity index (χ0n) is 15.4. The van der Waals surface area contributed by atoms with Crippen molar-refractivity contribution in [1.29, 1.82) is 0 Å². The molecule has 0 aromatic heterocycles. The van der Waals surface area contributed by atoms with Crippen LogP contribution in [-0.4, -0.2) is 32.1 Å². The number of imide groups is 2. The normalized spacial score (nSPS) is 15.6. The molecule has 1 aliphatic heterocycles. The molecular formula is C20H17ClN2O5. The molecule has 4 amide bonds. The average molecular weight is 401 g/mol. The number of hydrogen-bond acceptors (Lipinski definition) is 5. The lowest BCUT2D eigenvalue weighted by Crippen LogP contribution is -2.54. The van der Waals surface area contributed by atoms with Gasteiger partial charge in [0.2, 0.25) is 0 Å². The van der Waals surface area contributed by atoms with Crippen LogP contribution >= 0.6 is 11.6 Å². The summed E-state index contributed by atoms with van der Waals surface area (Å²) in [6, 6.07) is 8.98. The molecule has 2 aromatic rings. The standard InChI is InChI=1S/C20H17ClN2O5/c1-11-14(21)5-4-6-15(11)23-19(25)13(18(24)22-20(23)26)9-12-7-8-16(27-2)17(10-12)28-3/h4-10H,1-3H3,(H,22,24,26)/b13-9+. The Labute approximate surface area is 166 Å². The smallest absolute Gasteiger partial charge is 0.335 e. The van der Waals surface area contributed by atoms with Crippen molar-refractivity contribution < 1.29 is 23.9 Å². The Balaban J connectivity index is 2.05. The van der Waals surface area contributed by atoms with E-state index < -0.39 is 17.8 Å². The van der Waals surface area contributed by atoms with E-state index in [2.05, 4.69) is 5.32 Å². The van der Waals surface area contributed by atoms with E-state index in [4.69, 9.17) is 21.1 Å². The molecule has 0 saturated carbocycles. The van der Waals surface area contributed by atoms with Gasteiger partial charge in [-0.25, -0.2) is 9.69 Å². The number of carbonyl (C=O) groups excluding carboxylic acids is 3. The molecule has 1 saturated heterocycles. The SMILES string of the molecule is COc1ccc(/C=C2\C(=O)NC(=O)N(c3cccc(Cl)c3C)C2=O)cc1OC. The second-order valence-corrected chi connectivity index (χ2v) is 6.36. The number of hydrogen-bond donors (Lipinski definition) is 1. The summed E-state index contributed by atoms with van der Waals surface area (Å²) in [4.78, 5) is 38.5. The Morgan fingerprint density at radius 3 is 2.43 bits per heavy atom. The van der Waals surface area contributed by atoms with E-state index in [0.717, 1.165) is 4.90 Å². The lowest BCUT2D eigenvalue weighted by atomic mass is 10.1. The molecule has 1 heterocycles. The van der Waals surface area contributed by atoms with E-state index in [1.54, 1.807) is 43.3 Å². The molecule has 1 aliphatic rings. The molecule has 0 radical (unpaired) electrons. The minimum Gasteiger partial charge on any atom is -0.493 e. The molecule has 0 bridgehead atoms. The topological polar surface area (TPSA) is 84.9 Å². The van der Waals surface area contributed by atoms with Gasteiger partial charge in [0.05, 0.1) is 19.9 Å². The number of amides is 4. The first-order valence-electron chi connectivity index (χ1n) is 8.26. The van der Waals surface area contributed by atoms with Gasteiger partial charge in [-0.2, -0.15) is 0 Å². The third-order valence-electron chi connectivity index (χ3n) is 4.30. The highest BCUT2D eigenvalue weighted by atomic mass is 35.5. The number of nitrogens with zero attached hydrogens (tertiary/aromatic N) is 1. The van der Waals surface area contributed by atoms with Crippen LogP contribution in [0.2, 0.25) is 5.02 Å². The molecule has 1 fully saturated rings. The van der Waals surface area contributed by atoms with Crippen molar-refractivity contribution in [3.8, 4) is 11.5 Å². The van der Waals surface area contributed by atoms with Gasteiger partial charge in [-0.05, 0) is 48.4 Å². The highest BCUT2D eigenvalue weighted by Gasteiger charge is 2.37. The van der Waals surface area contributed by atoms with E-state index in [1.165, 1.54) is 20.3 Å². The van der Waals surface area contributed by atoms with Gasteiger partial charge in [0.25, 0.3) is 11.8 Å². The zero-order valence-corrected chi connectivity index (χ0v) is 16.2. The summed E-state index contributed by atoms with van der Waals surface area (Å²) < 4.78 is 10.4. The largest absolute Gasteiger partial charge is 0.493 e. The summed E-state index contributed by atoms with van der Waals surface area (Å²) in [7, 11) is 2.99. The van der Waals surface area contributed by atoms with Crippen LogP contribution in [0.15, 0.2) is 42.0 Å². The van der Waals surface area contributed by atoms with Gasteiger partial charge < -0.3 is 9.47 Å². The first-order chi connectivity index (χ1) is 13.4. The van der Waals surface area contributed by atoms with Crippen LogP contribution in [0.5, 0.6) is 11.5 Å². The molecule has 0 aliphatic carbocycles. The van der Waals surface area contributed by atoms with Crippen LogP contribution < -0.4 is 19.7 Å². The summed E-state index contributed by atoms with van der Waals surface area (Å²) in [5.41, 5.74) is 1.20. The monoisotopic (exact) mass is 400 g/mol. The van der Waals surface area contributed by atoms with Crippen molar-refractivity contribution in [2.24, 2.45) is 0 Å². The van der Waals surface area contributed by atoms with Gasteiger partial charge in [-0.1, -0.05) is 23.7 Å². The van der Waals surface area contributed by atoms with Crippen molar-refractivity contribution in [2.75, 3.05) is 19.1 Å². The van der Waals surface area contributed by atoms with Crippen LogP contribution in [0.3, 0.4) is 0 Å². The maximum Gasteiger partial charge on any atom is 0.335 e. The summed E-state index contributed by atoms with van der Waals surface area (Å²) in [5, 5.41) is 2.59. The fourth-order valence-electron chi connectivity index (χ4n) is 2.82. The number of urea groups is 1. The number of nitrogens with one attached hydrogen (secondary N) is 1. The second-order valence-electron chi connectivity index (χ2n) is 5.96. The number of methoxy groups -OCH3 is 2. The van der Waals surface area contributed by atoms with E-state index in [9.17, 15) is 14.4 Å². The number of ether oxygens (including phenoxy) is 2. The highest BCUT2D eigenvalue weighted by Crippen LogP contribution is 2.31. The summed E-state index contributed by atoms with van der Waals surface area (Å²) in [5.74, 6) is -0.566. The van der Waals surface area contributed by atoms with Gasteiger partial charge in [-0.3, -0.25) is 14.9 Å². The molecule has 0 atom stereocenters. The van der Waals surface area contributed by atoms with Gasteiger partial charge in [-0.15, -0.1) is 0 Å². The first kappa shape index (κ1) is 19.4. The Bertz CT molecular complexity index is 1020. The Morgan fingerprint density at radius 1 is 1.04 bits per heavy atom. The Morgan fingerprint density at radius 2 is 1.75 bits per heavy atom. The van der Waals surface area contributed by atoms with Gasteiger partial charge in [0, 0.05) is 5.02 Å². The van der Waals surface area contributed by atoms with E-state index in [1.807, 2.05) is 0 Å². The Hall–Kier alpha value is -3.32. The van der Waals surface area contributed by atoms with Crippen molar-refractivity contribution in [3.63, 3.8) is 0 Å².